The minimum absolute atomic E-state index is 0.337. The Hall–Kier alpha value is -2.03. The summed E-state index contributed by atoms with van der Waals surface area (Å²) in [7, 11) is 1.75. The molecule has 0 amide bonds. The van der Waals surface area contributed by atoms with E-state index in [0.717, 1.165) is 16.7 Å². The minimum Gasteiger partial charge on any atom is -0.477 e. The van der Waals surface area contributed by atoms with Gasteiger partial charge in [-0.3, -0.25) is 0 Å². The van der Waals surface area contributed by atoms with E-state index in [1.54, 1.807) is 11.6 Å². The fraction of sp³-hybridized carbons (Fsp3) is 0.154. The van der Waals surface area contributed by atoms with Crippen LogP contribution in [0.2, 0.25) is 0 Å². The normalized spacial score (nSPS) is 10.4. The number of aromatic nitrogens is 1. The Balaban J connectivity index is 2.69. The number of hydrogen-bond donors (Lipinski definition) is 1. The summed E-state index contributed by atoms with van der Waals surface area (Å²) in [5.74, 6) is -0.894. The van der Waals surface area contributed by atoms with E-state index in [9.17, 15) is 9.90 Å². The van der Waals surface area contributed by atoms with Gasteiger partial charge in [0.25, 0.3) is 0 Å². The van der Waals surface area contributed by atoms with Gasteiger partial charge in [0, 0.05) is 18.8 Å². The first-order valence-electron chi connectivity index (χ1n) is 5.06. The van der Waals surface area contributed by atoms with Gasteiger partial charge in [-0.05, 0) is 18.1 Å². The largest absolute Gasteiger partial charge is 0.477 e. The quantitative estimate of drug-likeness (QED) is 0.836. The summed E-state index contributed by atoms with van der Waals surface area (Å²) in [5, 5.41) is 9.20. The number of aromatic carboxylic acids is 1. The highest BCUT2D eigenvalue weighted by Crippen LogP contribution is 2.28. The molecule has 0 saturated carbocycles. The summed E-state index contributed by atoms with van der Waals surface area (Å²) in [5.41, 5.74) is 3.06. The number of hydrogen-bond acceptors (Lipinski definition) is 1. The van der Waals surface area contributed by atoms with Crippen LogP contribution in [0, 0.1) is 6.92 Å². The van der Waals surface area contributed by atoms with Gasteiger partial charge < -0.3 is 9.67 Å². The highest BCUT2D eigenvalue weighted by atomic mass is 16.4. The lowest BCUT2D eigenvalue weighted by molar-refractivity contribution is 0.0687. The molecule has 0 spiro atoms. The molecule has 0 aliphatic carbocycles. The standard InChI is InChI=1S/C13H13NO2/c1-9-8-14(2)12(13(15)16)11(9)10-6-4-3-5-7-10/h3-8H,1-2H3,(H,15,16). The number of nitrogens with zero attached hydrogens (tertiary/aromatic N) is 1. The zero-order chi connectivity index (χ0) is 11.7. The first-order chi connectivity index (χ1) is 7.61. The third-order valence-electron chi connectivity index (χ3n) is 2.64. The van der Waals surface area contributed by atoms with Crippen molar-refractivity contribution in [2.45, 2.75) is 6.92 Å². The smallest absolute Gasteiger partial charge is 0.353 e. The van der Waals surface area contributed by atoms with Gasteiger partial charge in [0.05, 0.1) is 0 Å². The van der Waals surface area contributed by atoms with E-state index in [4.69, 9.17) is 0 Å². The zero-order valence-electron chi connectivity index (χ0n) is 9.27. The fourth-order valence-electron chi connectivity index (χ4n) is 2.01. The first kappa shape index (κ1) is 10.5. The van der Waals surface area contributed by atoms with E-state index in [0.29, 0.717) is 5.69 Å². The second-order valence-corrected chi connectivity index (χ2v) is 3.82. The van der Waals surface area contributed by atoms with Crippen LogP contribution in [-0.2, 0) is 7.05 Å². The summed E-state index contributed by atoms with van der Waals surface area (Å²) in [6.07, 6.45) is 1.84. The summed E-state index contributed by atoms with van der Waals surface area (Å²) in [6.45, 7) is 1.93. The van der Waals surface area contributed by atoms with Crippen LogP contribution >= 0.6 is 0 Å². The molecule has 3 heteroatoms. The minimum atomic E-state index is -0.894. The molecule has 3 nitrogen and oxygen atoms in total. The molecule has 1 heterocycles. The van der Waals surface area contributed by atoms with Crippen molar-refractivity contribution < 1.29 is 9.90 Å². The molecule has 1 N–H and O–H groups in total. The van der Waals surface area contributed by atoms with Crippen molar-refractivity contribution >= 4 is 5.97 Å². The van der Waals surface area contributed by atoms with E-state index >= 15 is 0 Å². The molecule has 16 heavy (non-hydrogen) atoms. The highest BCUT2D eigenvalue weighted by Gasteiger charge is 2.18. The van der Waals surface area contributed by atoms with E-state index in [-0.39, 0.29) is 0 Å². The van der Waals surface area contributed by atoms with Gasteiger partial charge in [0.2, 0.25) is 0 Å². The Bertz CT molecular complexity index is 526. The molecule has 2 rings (SSSR count). The highest BCUT2D eigenvalue weighted by molar-refractivity contribution is 5.95. The molecule has 1 aromatic heterocycles. The number of carboxylic acids is 1. The SMILES string of the molecule is Cc1cn(C)c(C(=O)O)c1-c1ccccc1. The number of carbonyl (C=O) groups is 1. The molecule has 0 unspecified atom stereocenters. The average molecular weight is 215 g/mol. The van der Waals surface area contributed by atoms with Crippen LogP contribution in [0.1, 0.15) is 16.1 Å². The van der Waals surface area contributed by atoms with Crippen molar-refractivity contribution in [1.29, 1.82) is 0 Å². The summed E-state index contributed by atoms with van der Waals surface area (Å²) in [6, 6.07) is 9.59. The van der Waals surface area contributed by atoms with Gasteiger partial charge in [-0.15, -0.1) is 0 Å². The van der Waals surface area contributed by atoms with Gasteiger partial charge in [0.1, 0.15) is 5.69 Å². The Morgan fingerprint density at radius 3 is 2.44 bits per heavy atom. The van der Waals surface area contributed by atoms with Crippen LogP contribution in [0.5, 0.6) is 0 Å². The molecule has 2 aromatic rings. The molecular weight excluding hydrogens is 202 g/mol. The number of benzene rings is 1. The Labute approximate surface area is 94.0 Å². The lowest BCUT2D eigenvalue weighted by Gasteiger charge is -2.04. The number of rotatable bonds is 2. The van der Waals surface area contributed by atoms with Crippen molar-refractivity contribution in [2.24, 2.45) is 7.05 Å². The Kier molecular flexibility index (Phi) is 2.52. The van der Waals surface area contributed by atoms with E-state index < -0.39 is 5.97 Å². The molecule has 0 atom stereocenters. The average Bonchev–Trinajstić information content (AvgIpc) is 2.55. The first-order valence-corrected chi connectivity index (χ1v) is 5.06. The van der Waals surface area contributed by atoms with Gasteiger partial charge in [0.15, 0.2) is 0 Å². The van der Waals surface area contributed by atoms with Crippen LogP contribution in [-0.4, -0.2) is 15.6 Å². The second-order valence-electron chi connectivity index (χ2n) is 3.82. The molecule has 0 fully saturated rings. The maximum absolute atomic E-state index is 11.2. The van der Waals surface area contributed by atoms with Gasteiger partial charge in [-0.1, -0.05) is 30.3 Å². The van der Waals surface area contributed by atoms with Crippen molar-refractivity contribution in [3.63, 3.8) is 0 Å². The molecule has 0 aliphatic heterocycles. The summed E-state index contributed by atoms with van der Waals surface area (Å²) in [4.78, 5) is 11.2. The summed E-state index contributed by atoms with van der Waals surface area (Å²) < 4.78 is 1.65. The third-order valence-corrected chi connectivity index (χ3v) is 2.64. The van der Waals surface area contributed by atoms with E-state index in [1.165, 1.54) is 0 Å². The molecule has 0 saturated heterocycles. The van der Waals surface area contributed by atoms with Crippen molar-refractivity contribution in [1.82, 2.24) is 4.57 Å². The van der Waals surface area contributed by atoms with Gasteiger partial charge in [-0.25, -0.2) is 4.79 Å². The molecule has 82 valence electrons. The molecule has 0 bridgehead atoms. The third kappa shape index (κ3) is 1.60. The molecule has 0 aliphatic rings. The van der Waals surface area contributed by atoms with Crippen molar-refractivity contribution in [3.8, 4) is 11.1 Å². The number of carboxylic acid groups (broad SMARTS) is 1. The maximum Gasteiger partial charge on any atom is 0.353 e. The Morgan fingerprint density at radius 1 is 1.25 bits per heavy atom. The lowest BCUT2D eigenvalue weighted by Crippen LogP contribution is -2.05. The predicted octanol–water partition coefficient (Wildman–Crippen LogP) is 2.70. The van der Waals surface area contributed by atoms with Gasteiger partial charge in [-0.2, -0.15) is 0 Å². The Morgan fingerprint density at radius 2 is 1.88 bits per heavy atom. The summed E-state index contributed by atoms with van der Waals surface area (Å²) >= 11 is 0. The maximum atomic E-state index is 11.2. The van der Waals surface area contributed by atoms with E-state index in [1.807, 2.05) is 43.5 Å². The molecule has 0 radical (unpaired) electrons. The van der Waals surface area contributed by atoms with Gasteiger partial charge >= 0.3 is 5.97 Å². The van der Waals surface area contributed by atoms with Crippen LogP contribution in [0.15, 0.2) is 36.5 Å². The molecule has 1 aromatic carbocycles. The van der Waals surface area contributed by atoms with E-state index in [2.05, 4.69) is 0 Å². The lowest BCUT2D eigenvalue weighted by atomic mass is 10.0. The van der Waals surface area contributed by atoms with Crippen LogP contribution in [0.4, 0.5) is 0 Å². The fourth-order valence-corrected chi connectivity index (χ4v) is 2.01. The molecular formula is C13H13NO2. The van der Waals surface area contributed by atoms with Crippen LogP contribution in [0.25, 0.3) is 11.1 Å². The monoisotopic (exact) mass is 215 g/mol. The number of aryl methyl sites for hydroxylation is 2. The van der Waals surface area contributed by atoms with Crippen LogP contribution in [0.3, 0.4) is 0 Å². The van der Waals surface area contributed by atoms with Crippen molar-refractivity contribution in [3.05, 3.63) is 47.8 Å². The van der Waals surface area contributed by atoms with Crippen molar-refractivity contribution in [2.75, 3.05) is 0 Å². The topological polar surface area (TPSA) is 42.2 Å². The second kappa shape index (κ2) is 3.85. The van der Waals surface area contributed by atoms with Crippen LogP contribution < -0.4 is 0 Å². The zero-order valence-corrected chi connectivity index (χ0v) is 9.27. The predicted molar refractivity (Wildman–Crippen MR) is 62.5 cm³/mol.